The fraction of sp³-hybridized carbons (Fsp3) is 0.481. The molecule has 4 heterocycles. The molecule has 5 rings (SSSR count). The molecule has 2 saturated heterocycles. The Balaban J connectivity index is 1.43. The van der Waals surface area contributed by atoms with Gasteiger partial charge in [0, 0.05) is 44.7 Å². The van der Waals surface area contributed by atoms with Crippen LogP contribution >= 0.6 is 0 Å². The summed E-state index contributed by atoms with van der Waals surface area (Å²) in [6.07, 6.45) is 7.06. The number of hydrogen-bond donors (Lipinski definition) is 1. The van der Waals surface area contributed by atoms with Crippen LogP contribution in [0.5, 0.6) is 5.75 Å². The van der Waals surface area contributed by atoms with Crippen LogP contribution in [0.3, 0.4) is 0 Å². The number of pyridine rings is 1. The number of carbonyl (C=O) groups excluding carboxylic acids is 1. The molecule has 2 fully saturated rings. The number of carbonyl (C=O) groups is 1. The molecule has 39 heavy (non-hydrogen) atoms. The van der Waals surface area contributed by atoms with Crippen molar-refractivity contribution in [3.05, 3.63) is 59.8 Å². The van der Waals surface area contributed by atoms with Gasteiger partial charge in [-0.15, -0.1) is 0 Å². The summed E-state index contributed by atoms with van der Waals surface area (Å²) >= 11 is 0. The van der Waals surface area contributed by atoms with E-state index in [4.69, 9.17) is 9.47 Å². The topological polar surface area (TPSA) is 105 Å². The van der Waals surface area contributed by atoms with E-state index in [1.165, 1.54) is 19.3 Å². The van der Waals surface area contributed by atoms with E-state index < -0.39 is 16.1 Å². The van der Waals surface area contributed by atoms with Crippen LogP contribution in [0.4, 0.5) is 10.1 Å². The SMILES string of the molecule is CCCN(C)S(=O)(=O)NC(=O)c1cnc2ccc(N3CCC[C@@H]3c3cc(F)ccc3OC3CCOCC3)cn12. The first-order valence-corrected chi connectivity index (χ1v) is 14.8. The molecular formula is C27H34FN5O5S. The highest BCUT2D eigenvalue weighted by molar-refractivity contribution is 7.87. The molecule has 2 aliphatic rings. The van der Waals surface area contributed by atoms with Crippen molar-refractivity contribution in [2.45, 2.75) is 51.2 Å². The highest BCUT2D eigenvalue weighted by Crippen LogP contribution is 2.41. The molecule has 1 aromatic carbocycles. The number of benzene rings is 1. The molecule has 10 nitrogen and oxygen atoms in total. The van der Waals surface area contributed by atoms with E-state index in [1.54, 1.807) is 28.8 Å². The monoisotopic (exact) mass is 559 g/mol. The Hall–Kier alpha value is -3.22. The lowest BCUT2D eigenvalue weighted by Gasteiger charge is -2.30. The number of ether oxygens (including phenoxy) is 2. The Morgan fingerprint density at radius 3 is 2.79 bits per heavy atom. The van der Waals surface area contributed by atoms with Crippen molar-refractivity contribution in [1.29, 1.82) is 0 Å². The summed E-state index contributed by atoms with van der Waals surface area (Å²) in [4.78, 5) is 19.4. The van der Waals surface area contributed by atoms with Gasteiger partial charge in [0.2, 0.25) is 0 Å². The van der Waals surface area contributed by atoms with Crippen LogP contribution < -0.4 is 14.4 Å². The molecule has 1 atom stereocenters. The van der Waals surface area contributed by atoms with Crippen molar-refractivity contribution in [2.75, 3.05) is 38.3 Å². The summed E-state index contributed by atoms with van der Waals surface area (Å²) < 4.78 is 56.1. The Morgan fingerprint density at radius 1 is 1.23 bits per heavy atom. The maximum atomic E-state index is 14.5. The molecule has 0 unspecified atom stereocenters. The number of aromatic nitrogens is 2. The zero-order chi connectivity index (χ0) is 27.6. The summed E-state index contributed by atoms with van der Waals surface area (Å²) in [5.41, 5.74) is 2.20. The van der Waals surface area contributed by atoms with Crippen LogP contribution in [-0.2, 0) is 14.9 Å². The highest BCUT2D eigenvalue weighted by atomic mass is 32.2. The molecule has 1 amide bonds. The average Bonchev–Trinajstić information content (AvgIpc) is 3.57. The van der Waals surface area contributed by atoms with E-state index in [9.17, 15) is 17.6 Å². The van der Waals surface area contributed by atoms with E-state index in [0.717, 1.165) is 47.8 Å². The largest absolute Gasteiger partial charge is 0.490 e. The van der Waals surface area contributed by atoms with Crippen LogP contribution in [0.25, 0.3) is 5.65 Å². The molecule has 3 aromatic rings. The van der Waals surface area contributed by atoms with Crippen molar-refractivity contribution in [2.24, 2.45) is 0 Å². The van der Waals surface area contributed by atoms with Crippen molar-refractivity contribution in [3.8, 4) is 5.75 Å². The second-order valence-corrected chi connectivity index (χ2v) is 11.8. The summed E-state index contributed by atoms with van der Waals surface area (Å²) in [7, 11) is -2.56. The van der Waals surface area contributed by atoms with Crippen molar-refractivity contribution < 1.29 is 27.1 Å². The number of amides is 1. The van der Waals surface area contributed by atoms with E-state index in [1.807, 2.05) is 13.0 Å². The second-order valence-electron chi connectivity index (χ2n) is 9.98. The molecule has 0 aliphatic carbocycles. The minimum absolute atomic E-state index is 0.0221. The molecule has 0 radical (unpaired) electrons. The lowest BCUT2D eigenvalue weighted by Crippen LogP contribution is -2.42. The van der Waals surface area contributed by atoms with Crippen LogP contribution in [0.15, 0.2) is 42.7 Å². The van der Waals surface area contributed by atoms with Gasteiger partial charge in [0.1, 0.15) is 29.0 Å². The number of rotatable bonds is 9. The van der Waals surface area contributed by atoms with Crippen LogP contribution in [-0.4, -0.2) is 67.5 Å². The zero-order valence-electron chi connectivity index (χ0n) is 22.2. The van der Waals surface area contributed by atoms with Gasteiger partial charge in [-0.25, -0.2) is 14.1 Å². The first-order valence-electron chi connectivity index (χ1n) is 13.3. The summed E-state index contributed by atoms with van der Waals surface area (Å²) in [6.45, 7) is 4.17. The van der Waals surface area contributed by atoms with E-state index in [2.05, 4.69) is 14.6 Å². The summed E-state index contributed by atoms with van der Waals surface area (Å²) in [5.74, 6) is -0.419. The molecule has 0 spiro atoms. The zero-order valence-corrected chi connectivity index (χ0v) is 23.0. The fourth-order valence-electron chi connectivity index (χ4n) is 5.25. The third kappa shape index (κ3) is 5.87. The highest BCUT2D eigenvalue weighted by Gasteiger charge is 2.31. The van der Waals surface area contributed by atoms with Crippen molar-refractivity contribution in [3.63, 3.8) is 0 Å². The number of anilines is 1. The average molecular weight is 560 g/mol. The fourth-order valence-corrected chi connectivity index (χ4v) is 6.17. The van der Waals surface area contributed by atoms with Gasteiger partial charge in [-0.1, -0.05) is 6.92 Å². The van der Waals surface area contributed by atoms with Gasteiger partial charge in [-0.05, 0) is 49.6 Å². The Morgan fingerprint density at radius 2 is 2.03 bits per heavy atom. The number of nitrogens with zero attached hydrogens (tertiary/aromatic N) is 4. The summed E-state index contributed by atoms with van der Waals surface area (Å²) in [5, 5.41) is 0. The number of fused-ring (bicyclic) bond motifs is 1. The van der Waals surface area contributed by atoms with Crippen molar-refractivity contribution >= 4 is 27.5 Å². The maximum absolute atomic E-state index is 14.5. The van der Waals surface area contributed by atoms with Gasteiger partial charge in [-0.3, -0.25) is 9.20 Å². The maximum Gasteiger partial charge on any atom is 0.303 e. The quantitative estimate of drug-likeness (QED) is 0.426. The van der Waals surface area contributed by atoms with Crippen LogP contribution in [0.2, 0.25) is 0 Å². The predicted octanol–water partition coefficient (Wildman–Crippen LogP) is 3.69. The molecule has 0 bridgehead atoms. The Kier molecular flexibility index (Phi) is 8.06. The molecule has 2 aliphatic heterocycles. The Labute approximate surface area is 227 Å². The van der Waals surface area contributed by atoms with Gasteiger partial charge in [-0.2, -0.15) is 12.7 Å². The molecule has 0 saturated carbocycles. The first kappa shape index (κ1) is 27.4. The van der Waals surface area contributed by atoms with Gasteiger partial charge in [0.15, 0.2) is 0 Å². The third-order valence-corrected chi connectivity index (χ3v) is 8.72. The number of imidazole rings is 1. The van der Waals surface area contributed by atoms with Gasteiger partial charge < -0.3 is 14.4 Å². The standard InChI is InChI=1S/C27H34FN5O5S/c1-3-12-31(2)39(35,36)30-27(34)24-17-29-26-9-7-20(18-33(24)26)32-13-4-5-23(32)22-16-19(28)6-8-25(22)38-21-10-14-37-15-11-21/h6-9,16-18,21,23H,3-5,10-15H2,1-2H3,(H,30,34)/t23-/m1/s1. The molecular weight excluding hydrogens is 525 g/mol. The normalized spacial score (nSPS) is 18.7. The van der Waals surface area contributed by atoms with E-state index in [-0.39, 0.29) is 30.2 Å². The lowest BCUT2D eigenvalue weighted by molar-refractivity contribution is 0.0250. The smallest absolute Gasteiger partial charge is 0.303 e. The lowest BCUT2D eigenvalue weighted by atomic mass is 10.0. The van der Waals surface area contributed by atoms with Gasteiger partial charge in [0.05, 0.1) is 31.1 Å². The number of hydrogen-bond acceptors (Lipinski definition) is 7. The molecule has 2 aromatic heterocycles. The van der Waals surface area contributed by atoms with Crippen LogP contribution in [0.1, 0.15) is 61.1 Å². The second kappa shape index (κ2) is 11.5. The molecule has 1 N–H and O–H groups in total. The minimum Gasteiger partial charge on any atom is -0.490 e. The summed E-state index contributed by atoms with van der Waals surface area (Å²) in [6, 6.07) is 8.23. The van der Waals surface area contributed by atoms with Gasteiger partial charge in [0.25, 0.3) is 5.91 Å². The van der Waals surface area contributed by atoms with Gasteiger partial charge >= 0.3 is 10.2 Å². The third-order valence-electron chi connectivity index (χ3n) is 7.27. The molecule has 12 heteroatoms. The van der Waals surface area contributed by atoms with E-state index in [0.29, 0.717) is 31.0 Å². The number of halogens is 1. The first-order chi connectivity index (χ1) is 18.8. The van der Waals surface area contributed by atoms with Crippen molar-refractivity contribution in [1.82, 2.24) is 18.4 Å². The van der Waals surface area contributed by atoms with Crippen LogP contribution in [0, 0.1) is 5.82 Å². The Bertz CT molecular complexity index is 1440. The minimum atomic E-state index is -3.98. The number of nitrogens with one attached hydrogen (secondary N) is 1. The van der Waals surface area contributed by atoms with E-state index >= 15 is 0 Å². The predicted molar refractivity (Wildman–Crippen MR) is 145 cm³/mol. The molecule has 210 valence electrons.